The molecule has 0 amide bonds. The molecule has 0 spiro atoms. The Hall–Kier alpha value is -1.01. The quantitative estimate of drug-likeness (QED) is 0.719. The highest BCUT2D eigenvalue weighted by Crippen LogP contribution is 2.26. The van der Waals surface area contributed by atoms with Crippen LogP contribution >= 0.6 is 11.8 Å². The molecule has 1 aliphatic rings. The van der Waals surface area contributed by atoms with E-state index >= 15 is 0 Å². The fraction of sp³-hybridized carbons (Fsp3) is 0.600. The molecule has 0 unspecified atom stereocenters. The summed E-state index contributed by atoms with van der Waals surface area (Å²) < 4.78 is 9.24. The minimum absolute atomic E-state index is 0.228. The van der Waals surface area contributed by atoms with Crippen molar-refractivity contribution < 1.29 is 19.1 Å². The number of hydrogen-bond donors (Lipinski definition) is 1. The number of ether oxygens (including phenoxy) is 2. The Bertz CT molecular complexity index is 314. The zero-order chi connectivity index (χ0) is 12.0. The molecule has 5 nitrogen and oxygen atoms in total. The van der Waals surface area contributed by atoms with Crippen molar-refractivity contribution in [1.82, 2.24) is 5.32 Å². The van der Waals surface area contributed by atoms with Crippen LogP contribution in [0.25, 0.3) is 0 Å². The van der Waals surface area contributed by atoms with Crippen molar-refractivity contribution in [3.63, 3.8) is 0 Å². The van der Waals surface area contributed by atoms with Gasteiger partial charge < -0.3 is 14.8 Å². The van der Waals surface area contributed by atoms with Crippen LogP contribution in [0, 0.1) is 0 Å². The normalized spacial score (nSPS) is 15.9. The van der Waals surface area contributed by atoms with E-state index in [-0.39, 0.29) is 17.7 Å². The smallest absolute Gasteiger partial charge is 0.335 e. The molecule has 16 heavy (non-hydrogen) atoms. The lowest BCUT2D eigenvalue weighted by molar-refractivity contribution is -0.138. The van der Waals surface area contributed by atoms with Crippen molar-refractivity contribution in [2.75, 3.05) is 33.1 Å². The monoisotopic (exact) mass is 245 g/mol. The molecule has 0 saturated carbocycles. The number of methoxy groups -OCH3 is 2. The van der Waals surface area contributed by atoms with Gasteiger partial charge >= 0.3 is 11.9 Å². The Labute approximate surface area is 98.6 Å². The molecule has 0 aliphatic carbocycles. The number of hydrogen-bond acceptors (Lipinski definition) is 6. The number of nitrogens with one attached hydrogen (secondary N) is 1. The van der Waals surface area contributed by atoms with Gasteiger partial charge in [-0.25, -0.2) is 4.79 Å². The van der Waals surface area contributed by atoms with E-state index in [4.69, 9.17) is 0 Å². The van der Waals surface area contributed by atoms with Crippen LogP contribution in [0.2, 0.25) is 0 Å². The highest BCUT2D eigenvalue weighted by atomic mass is 32.2. The van der Waals surface area contributed by atoms with E-state index in [9.17, 15) is 9.59 Å². The summed E-state index contributed by atoms with van der Waals surface area (Å²) in [7, 11) is 2.70. The minimum atomic E-state index is -0.334. The third kappa shape index (κ3) is 3.53. The molecule has 1 aliphatic heterocycles. The number of thioether (sulfide) groups is 1. The molecule has 0 saturated heterocycles. The number of esters is 2. The summed E-state index contributed by atoms with van der Waals surface area (Å²) in [5, 5.41) is 3.09. The fourth-order valence-corrected chi connectivity index (χ4v) is 2.32. The summed E-state index contributed by atoms with van der Waals surface area (Å²) in [6.07, 6.45) is 0.742. The van der Waals surface area contributed by atoms with Crippen LogP contribution in [0.4, 0.5) is 0 Å². The highest BCUT2D eigenvalue weighted by molar-refractivity contribution is 8.03. The lowest BCUT2D eigenvalue weighted by Crippen LogP contribution is -2.29. The summed E-state index contributed by atoms with van der Waals surface area (Å²) in [5.74, 6) is -0.397. The van der Waals surface area contributed by atoms with Crippen LogP contribution in [0.5, 0.6) is 0 Å². The third-order valence-electron chi connectivity index (χ3n) is 2.19. The van der Waals surface area contributed by atoms with Crippen LogP contribution in [0.15, 0.2) is 10.5 Å². The first-order chi connectivity index (χ1) is 7.69. The second-order valence-electron chi connectivity index (χ2n) is 3.18. The Morgan fingerprint density at radius 2 is 2.12 bits per heavy atom. The summed E-state index contributed by atoms with van der Waals surface area (Å²) in [6, 6.07) is 0. The van der Waals surface area contributed by atoms with E-state index < -0.39 is 0 Å². The highest BCUT2D eigenvalue weighted by Gasteiger charge is 2.20. The van der Waals surface area contributed by atoms with Gasteiger partial charge in [-0.1, -0.05) is 0 Å². The van der Waals surface area contributed by atoms with E-state index in [2.05, 4.69) is 14.8 Å². The van der Waals surface area contributed by atoms with Crippen molar-refractivity contribution in [2.24, 2.45) is 0 Å². The van der Waals surface area contributed by atoms with Gasteiger partial charge in [0.2, 0.25) is 0 Å². The minimum Gasteiger partial charge on any atom is -0.468 e. The van der Waals surface area contributed by atoms with Crippen LogP contribution in [0.1, 0.15) is 6.42 Å². The maximum Gasteiger partial charge on any atom is 0.335 e. The van der Waals surface area contributed by atoms with Crippen molar-refractivity contribution in [3.8, 4) is 0 Å². The Morgan fingerprint density at radius 3 is 2.75 bits per heavy atom. The molecule has 0 bridgehead atoms. The van der Waals surface area contributed by atoms with E-state index in [0.29, 0.717) is 12.1 Å². The van der Waals surface area contributed by atoms with E-state index in [1.165, 1.54) is 26.0 Å². The largest absolute Gasteiger partial charge is 0.468 e. The molecule has 0 aromatic rings. The van der Waals surface area contributed by atoms with Crippen LogP contribution in [-0.2, 0) is 19.1 Å². The zero-order valence-electron chi connectivity index (χ0n) is 9.37. The van der Waals surface area contributed by atoms with Gasteiger partial charge in [0.05, 0.1) is 25.5 Å². The standard InChI is InChI=1S/C10H15NO4S/c1-14-9(12)6-16-8-3-4-11-5-7(8)10(13)15-2/h11H,3-6H2,1-2H3. The predicted octanol–water partition coefficient (Wildman–Crippen LogP) is 0.313. The molecule has 0 fully saturated rings. The van der Waals surface area contributed by atoms with Gasteiger partial charge in [0, 0.05) is 13.1 Å². The SMILES string of the molecule is COC(=O)CSC1=C(C(=O)OC)CNCC1. The number of rotatable bonds is 4. The summed E-state index contributed by atoms with van der Waals surface area (Å²) in [6.45, 7) is 1.31. The first-order valence-electron chi connectivity index (χ1n) is 4.89. The van der Waals surface area contributed by atoms with Gasteiger partial charge in [-0.3, -0.25) is 4.79 Å². The first kappa shape index (κ1) is 13.1. The molecule has 90 valence electrons. The number of carbonyl (C=O) groups excluding carboxylic acids is 2. The molecule has 1 rings (SSSR count). The Kier molecular flexibility index (Phi) is 5.34. The van der Waals surface area contributed by atoms with E-state index in [0.717, 1.165) is 17.9 Å². The van der Waals surface area contributed by atoms with Crippen LogP contribution in [-0.4, -0.2) is 45.0 Å². The fourth-order valence-electron chi connectivity index (χ4n) is 1.34. The first-order valence-corrected chi connectivity index (χ1v) is 5.88. The van der Waals surface area contributed by atoms with Gasteiger partial charge in [-0.2, -0.15) is 0 Å². The van der Waals surface area contributed by atoms with Crippen molar-refractivity contribution in [2.45, 2.75) is 6.42 Å². The summed E-state index contributed by atoms with van der Waals surface area (Å²) >= 11 is 1.35. The van der Waals surface area contributed by atoms with Gasteiger partial charge in [-0.15, -0.1) is 11.8 Å². The average Bonchev–Trinajstić information content (AvgIpc) is 2.35. The predicted molar refractivity (Wildman–Crippen MR) is 61.0 cm³/mol. The lowest BCUT2D eigenvalue weighted by Gasteiger charge is -2.18. The Morgan fingerprint density at radius 1 is 1.38 bits per heavy atom. The van der Waals surface area contributed by atoms with Gasteiger partial charge in [0.15, 0.2) is 0 Å². The van der Waals surface area contributed by atoms with E-state index in [1.807, 2.05) is 0 Å². The maximum atomic E-state index is 11.4. The molecule has 0 aromatic heterocycles. The maximum absolute atomic E-state index is 11.4. The van der Waals surface area contributed by atoms with Crippen molar-refractivity contribution >= 4 is 23.7 Å². The third-order valence-corrected chi connectivity index (χ3v) is 3.37. The lowest BCUT2D eigenvalue weighted by atomic mass is 10.1. The van der Waals surface area contributed by atoms with Crippen LogP contribution in [0.3, 0.4) is 0 Å². The molecule has 0 atom stereocenters. The summed E-state index contributed by atoms with van der Waals surface area (Å²) in [5.41, 5.74) is 0.614. The second-order valence-corrected chi connectivity index (χ2v) is 4.26. The number of carbonyl (C=O) groups is 2. The molecule has 1 heterocycles. The second kappa shape index (κ2) is 6.55. The average molecular weight is 245 g/mol. The van der Waals surface area contributed by atoms with E-state index in [1.54, 1.807) is 0 Å². The van der Waals surface area contributed by atoms with Gasteiger partial charge in [-0.05, 0) is 11.3 Å². The van der Waals surface area contributed by atoms with Crippen molar-refractivity contribution in [3.05, 3.63) is 10.5 Å². The zero-order valence-corrected chi connectivity index (χ0v) is 10.2. The topological polar surface area (TPSA) is 64.6 Å². The van der Waals surface area contributed by atoms with Gasteiger partial charge in [0.25, 0.3) is 0 Å². The summed E-state index contributed by atoms with van der Waals surface area (Å²) in [4.78, 5) is 23.4. The molecule has 0 radical (unpaired) electrons. The molecule has 6 heteroatoms. The molecular formula is C10H15NO4S. The molecular weight excluding hydrogens is 230 g/mol. The molecule has 0 aromatic carbocycles. The van der Waals surface area contributed by atoms with Gasteiger partial charge in [0.1, 0.15) is 0 Å². The Balaban J connectivity index is 2.67. The molecule has 1 N–H and O–H groups in total. The van der Waals surface area contributed by atoms with Crippen LogP contribution < -0.4 is 5.32 Å². The van der Waals surface area contributed by atoms with Crippen molar-refractivity contribution in [1.29, 1.82) is 0 Å².